The van der Waals surface area contributed by atoms with Gasteiger partial charge in [0.2, 0.25) is 0 Å². The molecule has 0 aliphatic carbocycles. The molecule has 0 saturated carbocycles. The summed E-state index contributed by atoms with van der Waals surface area (Å²) in [6.07, 6.45) is 0. The molecule has 27 heavy (non-hydrogen) atoms. The summed E-state index contributed by atoms with van der Waals surface area (Å²) in [5.74, 6) is -0.0615. The van der Waals surface area contributed by atoms with E-state index >= 15 is 0 Å². The summed E-state index contributed by atoms with van der Waals surface area (Å²) in [5, 5.41) is 10.5. The lowest BCUT2D eigenvalue weighted by atomic mass is 10.1. The number of carbonyl (C=O) groups is 1. The lowest BCUT2D eigenvalue weighted by molar-refractivity contribution is 0.0727. The molecule has 3 aromatic rings. The SMILES string of the molecule is CN(C)CCN(Cc1ccc(C#N)cc1)C(=O)c1cc2cc(Cl)ccc2[nH]1. The number of H-pyrrole nitrogens is 1. The Hall–Kier alpha value is -2.81. The lowest BCUT2D eigenvalue weighted by Crippen LogP contribution is -2.36. The molecule has 0 aliphatic heterocycles. The Morgan fingerprint density at radius 2 is 1.85 bits per heavy atom. The third-order valence-corrected chi connectivity index (χ3v) is 4.61. The number of hydrogen-bond donors (Lipinski definition) is 1. The van der Waals surface area contributed by atoms with Crippen molar-refractivity contribution in [1.29, 1.82) is 5.26 Å². The van der Waals surface area contributed by atoms with Gasteiger partial charge in [-0.15, -0.1) is 0 Å². The molecule has 138 valence electrons. The molecule has 0 aliphatic rings. The predicted octanol–water partition coefficient (Wildman–Crippen LogP) is 3.90. The highest BCUT2D eigenvalue weighted by atomic mass is 35.5. The second-order valence-corrected chi connectivity index (χ2v) is 7.19. The van der Waals surface area contributed by atoms with E-state index in [0.29, 0.717) is 29.4 Å². The van der Waals surface area contributed by atoms with Crippen LogP contribution in [0.3, 0.4) is 0 Å². The van der Waals surface area contributed by atoms with Crippen LogP contribution in [0.5, 0.6) is 0 Å². The topological polar surface area (TPSA) is 63.1 Å². The van der Waals surface area contributed by atoms with Gasteiger partial charge in [0.15, 0.2) is 0 Å². The molecule has 2 aromatic carbocycles. The molecule has 0 saturated heterocycles. The van der Waals surface area contributed by atoms with Crippen LogP contribution >= 0.6 is 11.6 Å². The van der Waals surface area contributed by atoms with Gasteiger partial charge < -0.3 is 14.8 Å². The van der Waals surface area contributed by atoms with Gasteiger partial charge in [-0.05, 0) is 56.1 Å². The van der Waals surface area contributed by atoms with Gasteiger partial charge in [-0.2, -0.15) is 5.26 Å². The van der Waals surface area contributed by atoms with Gasteiger partial charge in [-0.1, -0.05) is 23.7 Å². The minimum Gasteiger partial charge on any atom is -0.351 e. The van der Waals surface area contributed by atoms with Gasteiger partial charge >= 0.3 is 0 Å². The first kappa shape index (κ1) is 19.0. The van der Waals surface area contributed by atoms with E-state index in [2.05, 4.69) is 11.1 Å². The standard InChI is InChI=1S/C21H21ClN4O/c1-25(2)9-10-26(14-16-5-3-15(13-23)4-6-16)21(27)20-12-17-11-18(22)7-8-19(17)24-20/h3-8,11-12,24H,9-10,14H2,1-2H3. The maximum Gasteiger partial charge on any atom is 0.270 e. The van der Waals surface area contributed by atoms with E-state index in [1.165, 1.54) is 0 Å². The van der Waals surface area contributed by atoms with Gasteiger partial charge in [0.1, 0.15) is 5.69 Å². The number of rotatable bonds is 6. The summed E-state index contributed by atoms with van der Waals surface area (Å²) in [5.41, 5.74) is 3.02. The van der Waals surface area contributed by atoms with Crippen molar-refractivity contribution in [2.75, 3.05) is 27.2 Å². The Balaban J connectivity index is 1.85. The minimum absolute atomic E-state index is 0.0615. The Kier molecular flexibility index (Phi) is 5.80. The zero-order chi connectivity index (χ0) is 19.4. The molecule has 0 unspecified atom stereocenters. The number of carbonyl (C=O) groups excluding carboxylic acids is 1. The van der Waals surface area contributed by atoms with Crippen molar-refractivity contribution in [2.24, 2.45) is 0 Å². The number of benzene rings is 2. The van der Waals surface area contributed by atoms with Crippen LogP contribution in [0.1, 0.15) is 21.6 Å². The Morgan fingerprint density at radius 1 is 1.11 bits per heavy atom. The van der Waals surface area contributed by atoms with E-state index in [1.807, 2.05) is 54.2 Å². The number of halogens is 1. The molecule has 0 fully saturated rings. The first-order valence-corrected chi connectivity index (χ1v) is 9.05. The largest absolute Gasteiger partial charge is 0.351 e. The van der Waals surface area contributed by atoms with E-state index < -0.39 is 0 Å². The maximum absolute atomic E-state index is 13.1. The molecule has 0 bridgehead atoms. The van der Waals surface area contributed by atoms with Crippen molar-refractivity contribution in [3.05, 3.63) is 70.4 Å². The van der Waals surface area contributed by atoms with Crippen molar-refractivity contribution in [3.63, 3.8) is 0 Å². The second kappa shape index (κ2) is 8.26. The Morgan fingerprint density at radius 3 is 2.52 bits per heavy atom. The number of aromatic amines is 1. The molecule has 1 heterocycles. The van der Waals surface area contributed by atoms with Gasteiger partial charge in [0.05, 0.1) is 11.6 Å². The van der Waals surface area contributed by atoms with Crippen LogP contribution in [0.4, 0.5) is 0 Å². The first-order chi connectivity index (χ1) is 13.0. The van der Waals surface area contributed by atoms with E-state index in [4.69, 9.17) is 16.9 Å². The van der Waals surface area contributed by atoms with Crippen molar-refractivity contribution in [2.45, 2.75) is 6.54 Å². The maximum atomic E-state index is 13.1. The van der Waals surface area contributed by atoms with Crippen LogP contribution in [-0.2, 0) is 6.54 Å². The fraction of sp³-hybridized carbons (Fsp3) is 0.238. The summed E-state index contributed by atoms with van der Waals surface area (Å²) < 4.78 is 0. The van der Waals surface area contributed by atoms with E-state index in [-0.39, 0.29) is 5.91 Å². The molecular formula is C21H21ClN4O. The quantitative estimate of drug-likeness (QED) is 0.705. The zero-order valence-corrected chi connectivity index (χ0v) is 16.1. The van der Waals surface area contributed by atoms with Crippen molar-refractivity contribution in [1.82, 2.24) is 14.8 Å². The summed E-state index contributed by atoms with van der Waals surface area (Å²) >= 11 is 6.05. The van der Waals surface area contributed by atoms with E-state index in [1.54, 1.807) is 18.2 Å². The minimum atomic E-state index is -0.0615. The molecule has 0 radical (unpaired) electrons. The molecule has 1 amide bonds. The molecule has 0 spiro atoms. The number of likely N-dealkylation sites (N-methyl/N-ethyl adjacent to an activating group) is 1. The summed E-state index contributed by atoms with van der Waals surface area (Å²) in [4.78, 5) is 20.2. The predicted molar refractivity (Wildman–Crippen MR) is 108 cm³/mol. The Labute approximate surface area is 163 Å². The van der Waals surface area contributed by atoms with Crippen LogP contribution in [0.25, 0.3) is 10.9 Å². The number of aromatic nitrogens is 1. The number of amides is 1. The fourth-order valence-corrected chi connectivity index (χ4v) is 3.05. The molecule has 3 rings (SSSR count). The molecule has 5 nitrogen and oxygen atoms in total. The van der Waals surface area contributed by atoms with Crippen LogP contribution in [0, 0.1) is 11.3 Å². The van der Waals surface area contributed by atoms with Gasteiger partial charge in [0.25, 0.3) is 5.91 Å². The monoisotopic (exact) mass is 380 g/mol. The zero-order valence-electron chi connectivity index (χ0n) is 15.4. The number of nitrogens with zero attached hydrogens (tertiary/aromatic N) is 3. The van der Waals surface area contributed by atoms with Crippen LogP contribution in [-0.4, -0.2) is 47.9 Å². The smallest absolute Gasteiger partial charge is 0.270 e. The molecule has 6 heteroatoms. The second-order valence-electron chi connectivity index (χ2n) is 6.75. The number of nitriles is 1. The Bertz CT molecular complexity index is 986. The van der Waals surface area contributed by atoms with Crippen LogP contribution < -0.4 is 0 Å². The molecular weight excluding hydrogens is 360 g/mol. The van der Waals surface area contributed by atoms with Crippen molar-refractivity contribution in [3.8, 4) is 6.07 Å². The summed E-state index contributed by atoms with van der Waals surface area (Å²) in [6, 6.07) is 16.8. The average Bonchev–Trinajstić information content (AvgIpc) is 3.08. The first-order valence-electron chi connectivity index (χ1n) is 8.67. The molecule has 1 aromatic heterocycles. The van der Waals surface area contributed by atoms with Gasteiger partial charge in [-0.25, -0.2) is 0 Å². The van der Waals surface area contributed by atoms with Crippen LogP contribution in [0.2, 0.25) is 5.02 Å². The highest BCUT2D eigenvalue weighted by Crippen LogP contribution is 2.21. The lowest BCUT2D eigenvalue weighted by Gasteiger charge is -2.24. The van der Waals surface area contributed by atoms with E-state index in [0.717, 1.165) is 23.0 Å². The highest BCUT2D eigenvalue weighted by Gasteiger charge is 2.18. The average molecular weight is 381 g/mol. The third-order valence-electron chi connectivity index (χ3n) is 4.37. The van der Waals surface area contributed by atoms with E-state index in [9.17, 15) is 4.79 Å². The van der Waals surface area contributed by atoms with Crippen LogP contribution in [0.15, 0.2) is 48.5 Å². The number of fused-ring (bicyclic) bond motifs is 1. The number of hydrogen-bond acceptors (Lipinski definition) is 3. The summed E-state index contributed by atoms with van der Waals surface area (Å²) in [6.45, 7) is 1.84. The normalized spacial score (nSPS) is 10.9. The van der Waals surface area contributed by atoms with Gasteiger partial charge in [-0.3, -0.25) is 4.79 Å². The summed E-state index contributed by atoms with van der Waals surface area (Å²) in [7, 11) is 3.96. The molecule has 1 N–H and O–H groups in total. The third kappa shape index (κ3) is 4.68. The van der Waals surface area contributed by atoms with Gasteiger partial charge in [0, 0.05) is 35.6 Å². The fourth-order valence-electron chi connectivity index (χ4n) is 2.87. The molecule has 0 atom stereocenters. The van der Waals surface area contributed by atoms with Crippen molar-refractivity contribution < 1.29 is 4.79 Å². The van der Waals surface area contributed by atoms with Crippen molar-refractivity contribution >= 4 is 28.4 Å². The number of nitrogens with one attached hydrogen (secondary N) is 1. The highest BCUT2D eigenvalue weighted by molar-refractivity contribution is 6.31.